The van der Waals surface area contributed by atoms with Crippen LogP contribution in [0.3, 0.4) is 0 Å². The molecule has 11 heteroatoms. The number of anilines is 1. The number of aromatic nitrogens is 6. The molecule has 0 fully saturated rings. The first kappa shape index (κ1) is 16.2. The molecule has 0 aliphatic heterocycles. The van der Waals surface area contributed by atoms with E-state index in [9.17, 15) is 9.90 Å². The van der Waals surface area contributed by atoms with Gasteiger partial charge in [-0.25, -0.2) is 19.9 Å². The fourth-order valence-corrected chi connectivity index (χ4v) is 3.60. The van der Waals surface area contributed by atoms with Crippen LogP contribution in [-0.4, -0.2) is 36.9 Å². The molecule has 0 atom stereocenters. The van der Waals surface area contributed by atoms with Crippen LogP contribution < -0.4 is 20.6 Å². The van der Waals surface area contributed by atoms with E-state index in [1.165, 1.54) is 30.3 Å². The van der Waals surface area contributed by atoms with Crippen LogP contribution in [0.15, 0.2) is 58.0 Å². The van der Waals surface area contributed by atoms with Gasteiger partial charge in [-0.05, 0) is 18.6 Å². The number of benzene rings is 1. The Morgan fingerprint density at radius 3 is 2.74 bits per heavy atom. The average Bonchev–Trinajstić information content (AvgIpc) is 3.48. The van der Waals surface area contributed by atoms with Gasteiger partial charge in [-0.3, -0.25) is 0 Å². The molecule has 0 amide bonds. The summed E-state index contributed by atoms with van der Waals surface area (Å²) >= 11 is 0. The molecule has 11 nitrogen and oxygen atoms in total. The molecule has 34 heavy (non-hydrogen) atoms. The molecule has 0 unspecified atom stereocenters. The molecule has 0 spiro atoms. The summed E-state index contributed by atoms with van der Waals surface area (Å²) in [5.41, 5.74) is 6.59. The van der Waals surface area contributed by atoms with E-state index in [2.05, 4.69) is 20.1 Å². The number of fused-ring (bicyclic) bond motifs is 1. The summed E-state index contributed by atoms with van der Waals surface area (Å²) in [6, 6.07) is 0.273. The molecule has 172 valence electrons. The third-order valence-corrected chi connectivity index (χ3v) is 5.22. The summed E-state index contributed by atoms with van der Waals surface area (Å²) in [6.45, 7) is 1.24. The van der Waals surface area contributed by atoms with Gasteiger partial charge >= 0.3 is 11.6 Å². The van der Waals surface area contributed by atoms with Gasteiger partial charge in [-0.1, -0.05) is 30.2 Å². The maximum absolute atomic E-state index is 13.4. The van der Waals surface area contributed by atoms with Crippen LogP contribution >= 0.6 is 0 Å². The first-order valence-electron chi connectivity index (χ1n) is 12.5. The second kappa shape index (κ2) is 8.45. The van der Waals surface area contributed by atoms with Crippen LogP contribution in [0, 0.1) is 6.92 Å². The fourth-order valence-electron chi connectivity index (χ4n) is 3.60. The highest BCUT2D eigenvalue weighted by Crippen LogP contribution is 2.34. The highest BCUT2D eigenvalue weighted by atomic mass is 16.5. The van der Waals surface area contributed by atoms with E-state index in [0.717, 1.165) is 4.40 Å². The van der Waals surface area contributed by atoms with Crippen molar-refractivity contribution in [1.29, 1.82) is 0 Å². The number of hydrogen-bond acceptors (Lipinski definition) is 8. The summed E-state index contributed by atoms with van der Waals surface area (Å²) in [6.07, 6.45) is 1.25. The normalized spacial score (nSPS) is 13.3. The summed E-state index contributed by atoms with van der Waals surface area (Å²) < 4.78 is 54.2. The van der Waals surface area contributed by atoms with Gasteiger partial charge in [0.15, 0.2) is 6.39 Å². The number of nitrogens with two attached hydrogens (primary N) is 1. The Kier molecular flexibility index (Phi) is 4.01. The highest BCUT2D eigenvalue weighted by molar-refractivity contribution is 5.89. The lowest BCUT2D eigenvalue weighted by molar-refractivity contribution is -0.516. The Morgan fingerprint density at radius 1 is 1.26 bits per heavy atom. The Hall–Kier alpha value is -4.51. The number of aromatic amines is 1. The van der Waals surface area contributed by atoms with Crippen LogP contribution in [0.25, 0.3) is 28.0 Å². The van der Waals surface area contributed by atoms with Crippen LogP contribution in [0.2, 0.25) is 0 Å². The van der Waals surface area contributed by atoms with Gasteiger partial charge < -0.3 is 20.0 Å². The number of hydrogen-bond donors (Lipinski definition) is 3. The second-order valence-electron chi connectivity index (χ2n) is 7.26. The maximum Gasteiger partial charge on any atom is 0.428 e. The van der Waals surface area contributed by atoms with E-state index >= 15 is 0 Å². The smallest absolute Gasteiger partial charge is 0.428 e. The van der Waals surface area contributed by atoms with Crippen molar-refractivity contribution in [2.45, 2.75) is 20.1 Å². The molecule has 5 rings (SSSR count). The second-order valence-corrected chi connectivity index (χ2v) is 7.26. The monoisotopic (exact) mass is 465 g/mol. The van der Waals surface area contributed by atoms with E-state index in [-0.39, 0.29) is 46.5 Å². The van der Waals surface area contributed by atoms with E-state index in [4.69, 9.17) is 21.7 Å². The quantitative estimate of drug-likeness (QED) is 0.319. The third kappa shape index (κ3) is 3.57. The number of H-pyrrole nitrogens is 1. The molecule has 0 bridgehead atoms. The first-order chi connectivity index (χ1) is 18.6. The van der Waals surface area contributed by atoms with Crippen LogP contribution in [0.1, 0.15) is 24.0 Å². The Labute approximate surface area is 200 Å². The summed E-state index contributed by atoms with van der Waals surface area (Å²) in [7, 11) is 1.38. The number of rotatable bonds is 6. The number of pyridine rings is 1. The van der Waals surface area contributed by atoms with Crippen molar-refractivity contribution in [3.8, 4) is 28.3 Å². The fraction of sp³-hybridized carbons (Fsp3) is 0.174. The van der Waals surface area contributed by atoms with Crippen LogP contribution in [-0.2, 0) is 13.2 Å². The van der Waals surface area contributed by atoms with Gasteiger partial charge in [0.1, 0.15) is 23.7 Å². The summed E-state index contributed by atoms with van der Waals surface area (Å²) in [5.74, 6) is 0.331. The predicted octanol–water partition coefficient (Wildman–Crippen LogP) is 1.47. The highest BCUT2D eigenvalue weighted by Gasteiger charge is 2.27. The van der Waals surface area contributed by atoms with Crippen molar-refractivity contribution in [3.05, 3.63) is 76.4 Å². The molecule has 4 N–H and O–H groups in total. The molecule has 0 radical (unpaired) electrons. The van der Waals surface area contributed by atoms with Gasteiger partial charge in [0.05, 0.1) is 31.8 Å². The SMILES string of the molecule is [2H]c1c([2H])c([2H])c(-c2nc(N)[n+]3c(=O)n(Cc4ncoc4C)[nH]c3c2-c2cc(CO)nc(OC)c2)c([2H])c1[2H]. The van der Waals surface area contributed by atoms with Crippen molar-refractivity contribution in [3.63, 3.8) is 0 Å². The number of oxazole rings is 1. The zero-order valence-electron chi connectivity index (χ0n) is 23.1. The average molecular weight is 466 g/mol. The topological polar surface area (TPSA) is 149 Å². The number of aliphatic hydroxyl groups is 1. The number of ether oxygens (including phenoxy) is 1. The van der Waals surface area contributed by atoms with Gasteiger partial charge in [0.2, 0.25) is 11.5 Å². The van der Waals surface area contributed by atoms with Gasteiger partial charge in [-0.2, -0.15) is 4.68 Å². The number of nitrogens with one attached hydrogen (secondary N) is 1. The zero-order chi connectivity index (χ0) is 28.2. The molecule has 0 saturated heterocycles. The van der Waals surface area contributed by atoms with E-state index in [0.29, 0.717) is 17.0 Å². The number of aliphatic hydroxyl groups excluding tert-OH is 1. The minimum Gasteiger partial charge on any atom is -0.481 e. The van der Waals surface area contributed by atoms with Crippen molar-refractivity contribution < 1.29 is 25.5 Å². The largest absolute Gasteiger partial charge is 0.481 e. The molecule has 4 heterocycles. The predicted molar refractivity (Wildman–Crippen MR) is 122 cm³/mol. The minimum atomic E-state index is -0.602. The van der Waals surface area contributed by atoms with Crippen molar-refractivity contribution in [2.24, 2.45) is 0 Å². The van der Waals surface area contributed by atoms with Crippen LogP contribution in [0.4, 0.5) is 5.95 Å². The molecular formula is C23H22N7O4+. The third-order valence-electron chi connectivity index (χ3n) is 5.22. The Morgan fingerprint density at radius 2 is 2.06 bits per heavy atom. The van der Waals surface area contributed by atoms with E-state index in [1.807, 2.05) is 0 Å². The summed E-state index contributed by atoms with van der Waals surface area (Å²) in [4.78, 5) is 26.1. The lowest BCUT2D eigenvalue weighted by Gasteiger charge is -2.11. The molecule has 0 aliphatic carbocycles. The first-order valence-corrected chi connectivity index (χ1v) is 10.0. The van der Waals surface area contributed by atoms with E-state index in [1.54, 1.807) is 6.92 Å². The van der Waals surface area contributed by atoms with Crippen molar-refractivity contribution >= 4 is 11.6 Å². The van der Waals surface area contributed by atoms with Gasteiger partial charge in [0.25, 0.3) is 0 Å². The Bertz CT molecular complexity index is 1780. The molecule has 0 saturated carbocycles. The van der Waals surface area contributed by atoms with Gasteiger partial charge in [0, 0.05) is 11.6 Å². The maximum atomic E-state index is 13.4. The number of aryl methyl sites for hydroxylation is 1. The Balaban J connectivity index is 1.93. The van der Waals surface area contributed by atoms with Crippen molar-refractivity contribution in [1.82, 2.24) is 24.7 Å². The molecule has 4 aromatic heterocycles. The number of methoxy groups -OCH3 is 1. The molecular weight excluding hydrogens is 438 g/mol. The van der Waals surface area contributed by atoms with Gasteiger partial charge in [-0.15, -0.1) is 9.38 Å². The zero-order valence-corrected chi connectivity index (χ0v) is 18.1. The van der Waals surface area contributed by atoms with Crippen molar-refractivity contribution in [2.75, 3.05) is 12.8 Å². The lowest BCUT2D eigenvalue weighted by atomic mass is 10.00. The molecule has 0 aliphatic rings. The standard InChI is InChI=1S/C23H21N7O4/c1-13-17(25-12-34-13)10-29-23(32)30-21(28-29)19(15-8-16(11-31)26-18(9-15)33-2)20(27-22(30)24)14-6-4-3-5-7-14/h3-9,12,31H,10-11H2,1-2H3,(H2,24,26,27,28)/p+1/i3D,4D,5D,6D,7D. The molecule has 5 aromatic rings. The minimum absolute atomic E-state index is 0.00667. The van der Waals surface area contributed by atoms with E-state index < -0.39 is 42.5 Å². The lowest BCUT2D eigenvalue weighted by Crippen LogP contribution is -2.44. The molecule has 1 aromatic carbocycles. The van der Waals surface area contributed by atoms with Crippen LogP contribution in [0.5, 0.6) is 5.88 Å². The summed E-state index contributed by atoms with van der Waals surface area (Å²) in [5, 5.41) is 12.8. The number of nitrogen functional groups attached to an aromatic ring is 1. The number of nitrogens with zero attached hydrogens (tertiary/aromatic N) is 5.